The van der Waals surface area contributed by atoms with Crippen LogP contribution in [0.2, 0.25) is 5.02 Å². The summed E-state index contributed by atoms with van der Waals surface area (Å²) in [6.07, 6.45) is 5.52. The van der Waals surface area contributed by atoms with Gasteiger partial charge in [0.1, 0.15) is 11.4 Å². The fourth-order valence-corrected chi connectivity index (χ4v) is 3.62. The third-order valence-electron chi connectivity index (χ3n) is 4.97. The third kappa shape index (κ3) is 3.77. The maximum Gasteiger partial charge on any atom is 0.259 e. The topological polar surface area (TPSA) is 46.3 Å². The van der Waals surface area contributed by atoms with Crippen LogP contribution in [0.5, 0.6) is 0 Å². The average Bonchev–Trinajstić information content (AvgIpc) is 3.33. The van der Waals surface area contributed by atoms with Gasteiger partial charge >= 0.3 is 0 Å². The first kappa shape index (κ1) is 17.8. The number of rotatable bonds is 4. The summed E-state index contributed by atoms with van der Waals surface area (Å²) in [6.45, 7) is 4.01. The van der Waals surface area contributed by atoms with Gasteiger partial charge in [0, 0.05) is 57.2 Å². The van der Waals surface area contributed by atoms with Gasteiger partial charge in [-0.1, -0.05) is 23.7 Å². The second-order valence-corrected chi connectivity index (χ2v) is 7.23. The number of benzene rings is 1. The van der Waals surface area contributed by atoms with E-state index in [0.717, 1.165) is 30.5 Å². The van der Waals surface area contributed by atoms with Crippen LogP contribution in [0, 0.1) is 0 Å². The number of hydrogen-bond acceptors (Lipinski definition) is 3. The summed E-state index contributed by atoms with van der Waals surface area (Å²) >= 11 is 5.95. The lowest BCUT2D eigenvalue weighted by molar-refractivity contribution is 0.0628. The Morgan fingerprint density at radius 2 is 1.74 bits per heavy atom. The summed E-state index contributed by atoms with van der Waals surface area (Å²) in [5.74, 6) is 0.839. The molecule has 7 heteroatoms. The van der Waals surface area contributed by atoms with E-state index in [0.29, 0.717) is 18.7 Å². The second-order valence-electron chi connectivity index (χ2n) is 6.79. The first-order chi connectivity index (χ1) is 13.1. The first-order valence-electron chi connectivity index (χ1n) is 9.03. The van der Waals surface area contributed by atoms with E-state index < -0.39 is 0 Å². The zero-order valence-electron chi connectivity index (χ0n) is 15.3. The molecule has 1 amide bonds. The van der Waals surface area contributed by atoms with Crippen molar-refractivity contribution in [1.29, 1.82) is 0 Å². The molecule has 0 aliphatic carbocycles. The van der Waals surface area contributed by atoms with Gasteiger partial charge in [-0.05, 0) is 29.8 Å². The molecule has 0 spiro atoms. The molecule has 0 atom stereocenters. The number of carbonyl (C=O) groups is 1. The molecule has 3 aromatic rings. The number of piperazine rings is 1. The number of halogens is 1. The Morgan fingerprint density at radius 1 is 1.07 bits per heavy atom. The van der Waals surface area contributed by atoms with Gasteiger partial charge in [0.15, 0.2) is 0 Å². The molecule has 140 valence electrons. The highest BCUT2D eigenvalue weighted by Crippen LogP contribution is 2.18. The molecular formula is C20H22ClN5O. The number of carbonyl (C=O) groups excluding carboxylic acids is 1. The van der Waals surface area contributed by atoms with Crippen LogP contribution in [0.3, 0.4) is 0 Å². The summed E-state index contributed by atoms with van der Waals surface area (Å²) in [6, 6.07) is 11.8. The predicted octanol–water partition coefficient (Wildman–Crippen LogP) is 2.82. The molecule has 0 unspecified atom stereocenters. The van der Waals surface area contributed by atoms with Crippen LogP contribution in [0.1, 0.15) is 15.9 Å². The average molecular weight is 384 g/mol. The van der Waals surface area contributed by atoms with E-state index in [1.807, 2.05) is 53.2 Å². The van der Waals surface area contributed by atoms with Gasteiger partial charge in [-0.3, -0.25) is 14.4 Å². The van der Waals surface area contributed by atoms with E-state index in [4.69, 9.17) is 11.6 Å². The minimum Gasteiger partial charge on any atom is -0.336 e. The minimum absolute atomic E-state index is 0.0398. The molecule has 0 radical (unpaired) electrons. The SMILES string of the molecule is Cn1ncc(C(=O)N2CCN(Cc3ccc(Cl)cc3)CC2)c1-n1cccc1. The number of aromatic nitrogens is 3. The van der Waals surface area contributed by atoms with Gasteiger partial charge in [0.25, 0.3) is 5.91 Å². The monoisotopic (exact) mass is 383 g/mol. The van der Waals surface area contributed by atoms with Crippen molar-refractivity contribution in [2.75, 3.05) is 26.2 Å². The molecular weight excluding hydrogens is 362 g/mol. The Kier molecular flexibility index (Phi) is 5.01. The molecule has 6 nitrogen and oxygen atoms in total. The predicted molar refractivity (Wildman–Crippen MR) is 105 cm³/mol. The molecule has 27 heavy (non-hydrogen) atoms. The Labute approximate surface area is 163 Å². The molecule has 4 rings (SSSR count). The molecule has 0 bridgehead atoms. The van der Waals surface area contributed by atoms with E-state index in [1.165, 1.54) is 5.56 Å². The summed E-state index contributed by atoms with van der Waals surface area (Å²) in [5, 5.41) is 5.05. The fourth-order valence-electron chi connectivity index (χ4n) is 3.49. The molecule has 2 aromatic heterocycles. The lowest BCUT2D eigenvalue weighted by Gasteiger charge is -2.34. The van der Waals surface area contributed by atoms with Crippen molar-refractivity contribution in [2.45, 2.75) is 6.54 Å². The maximum atomic E-state index is 13.1. The summed E-state index contributed by atoms with van der Waals surface area (Å²) in [5.41, 5.74) is 1.88. The van der Waals surface area contributed by atoms with Gasteiger partial charge in [0.05, 0.1) is 6.20 Å². The van der Waals surface area contributed by atoms with Crippen molar-refractivity contribution in [3.8, 4) is 5.82 Å². The largest absolute Gasteiger partial charge is 0.336 e. The van der Waals surface area contributed by atoms with Gasteiger partial charge in [-0.15, -0.1) is 0 Å². The van der Waals surface area contributed by atoms with Crippen LogP contribution in [0.4, 0.5) is 0 Å². The maximum absolute atomic E-state index is 13.1. The van der Waals surface area contributed by atoms with E-state index in [1.54, 1.807) is 10.9 Å². The number of hydrogen-bond donors (Lipinski definition) is 0. The molecule has 1 aromatic carbocycles. The Morgan fingerprint density at radius 3 is 2.41 bits per heavy atom. The summed E-state index contributed by atoms with van der Waals surface area (Å²) in [4.78, 5) is 17.3. The van der Waals surface area contributed by atoms with E-state index >= 15 is 0 Å². The van der Waals surface area contributed by atoms with Crippen LogP contribution in [-0.2, 0) is 13.6 Å². The molecule has 3 heterocycles. The lowest BCUT2D eigenvalue weighted by atomic mass is 10.2. The molecule has 1 saturated heterocycles. The molecule has 1 aliphatic rings. The molecule has 1 aliphatic heterocycles. The van der Waals surface area contributed by atoms with Crippen LogP contribution < -0.4 is 0 Å². The molecule has 0 N–H and O–H groups in total. The van der Waals surface area contributed by atoms with E-state index in [9.17, 15) is 4.79 Å². The zero-order chi connectivity index (χ0) is 18.8. The van der Waals surface area contributed by atoms with Crippen LogP contribution in [-0.4, -0.2) is 56.2 Å². The second kappa shape index (κ2) is 7.58. The highest BCUT2D eigenvalue weighted by atomic mass is 35.5. The van der Waals surface area contributed by atoms with Crippen LogP contribution in [0.25, 0.3) is 5.82 Å². The third-order valence-corrected chi connectivity index (χ3v) is 5.22. The van der Waals surface area contributed by atoms with Crippen molar-refractivity contribution < 1.29 is 4.79 Å². The standard InChI is InChI=1S/C20H22ClN5O/c1-23-19(25-8-2-3-9-25)18(14-22-23)20(27)26-12-10-24(11-13-26)15-16-4-6-17(21)7-5-16/h2-9,14H,10-13,15H2,1H3. The summed E-state index contributed by atoms with van der Waals surface area (Å²) < 4.78 is 3.67. The van der Waals surface area contributed by atoms with E-state index in [2.05, 4.69) is 22.1 Å². The van der Waals surface area contributed by atoms with Gasteiger partial charge in [0.2, 0.25) is 0 Å². The fraction of sp³-hybridized carbons (Fsp3) is 0.300. The lowest BCUT2D eigenvalue weighted by Crippen LogP contribution is -2.48. The van der Waals surface area contributed by atoms with Crippen molar-refractivity contribution in [3.05, 3.63) is 71.1 Å². The normalized spacial score (nSPS) is 15.3. The van der Waals surface area contributed by atoms with E-state index in [-0.39, 0.29) is 5.91 Å². The van der Waals surface area contributed by atoms with Gasteiger partial charge in [-0.2, -0.15) is 5.10 Å². The highest BCUT2D eigenvalue weighted by Gasteiger charge is 2.26. The number of aryl methyl sites for hydroxylation is 1. The smallest absolute Gasteiger partial charge is 0.259 e. The Balaban J connectivity index is 1.41. The summed E-state index contributed by atoms with van der Waals surface area (Å²) in [7, 11) is 1.86. The Bertz CT molecular complexity index is 909. The number of amides is 1. The van der Waals surface area contributed by atoms with Gasteiger partial charge < -0.3 is 9.47 Å². The zero-order valence-corrected chi connectivity index (χ0v) is 16.0. The quantitative estimate of drug-likeness (QED) is 0.696. The van der Waals surface area contributed by atoms with Crippen molar-refractivity contribution in [3.63, 3.8) is 0 Å². The number of nitrogens with zero attached hydrogens (tertiary/aromatic N) is 5. The van der Waals surface area contributed by atoms with Crippen LogP contribution in [0.15, 0.2) is 55.0 Å². The van der Waals surface area contributed by atoms with Crippen molar-refractivity contribution in [2.24, 2.45) is 7.05 Å². The first-order valence-corrected chi connectivity index (χ1v) is 9.41. The Hall–Kier alpha value is -2.57. The van der Waals surface area contributed by atoms with Crippen LogP contribution >= 0.6 is 11.6 Å². The minimum atomic E-state index is 0.0398. The van der Waals surface area contributed by atoms with Crippen molar-refractivity contribution in [1.82, 2.24) is 24.1 Å². The highest BCUT2D eigenvalue weighted by molar-refractivity contribution is 6.30. The van der Waals surface area contributed by atoms with Gasteiger partial charge in [-0.25, -0.2) is 0 Å². The van der Waals surface area contributed by atoms with Crippen molar-refractivity contribution >= 4 is 17.5 Å². The molecule has 1 fully saturated rings. The molecule has 0 saturated carbocycles.